The highest BCUT2D eigenvalue weighted by molar-refractivity contribution is 8.93. The quantitative estimate of drug-likeness (QED) is 0.894. The number of nitrogens with two attached hydrogens (primary N) is 1. The van der Waals surface area contributed by atoms with E-state index in [2.05, 4.69) is 18.8 Å². The smallest absolute Gasteiger partial charge is 0.0940 e. The molecule has 0 amide bonds. The van der Waals surface area contributed by atoms with Crippen LogP contribution in [-0.4, -0.2) is 11.0 Å². The zero-order valence-corrected chi connectivity index (χ0v) is 9.89. The second kappa shape index (κ2) is 5.67. The van der Waals surface area contributed by atoms with E-state index in [1.807, 2.05) is 11.6 Å². The Bertz CT molecular complexity index is 199. The number of halogens is 1. The number of hydrogen-bond acceptors (Lipinski definition) is 3. The van der Waals surface area contributed by atoms with E-state index in [1.54, 1.807) is 11.3 Å². The van der Waals surface area contributed by atoms with Crippen LogP contribution >= 0.6 is 28.3 Å². The Morgan fingerprint density at radius 3 is 2.67 bits per heavy atom. The predicted molar refractivity (Wildman–Crippen MR) is 59.0 cm³/mol. The summed E-state index contributed by atoms with van der Waals surface area (Å²) in [6.45, 7) is 4.27. The van der Waals surface area contributed by atoms with E-state index in [4.69, 9.17) is 5.73 Å². The van der Waals surface area contributed by atoms with Crippen LogP contribution < -0.4 is 5.73 Å². The van der Waals surface area contributed by atoms with Crippen LogP contribution in [0.5, 0.6) is 0 Å². The first-order chi connectivity index (χ1) is 5.20. The Balaban J connectivity index is 0.00000121. The van der Waals surface area contributed by atoms with Crippen molar-refractivity contribution in [3.63, 3.8) is 0 Å². The Morgan fingerprint density at radius 2 is 2.25 bits per heavy atom. The Hall–Kier alpha value is 0.0700. The molecule has 2 nitrogen and oxygen atoms in total. The van der Waals surface area contributed by atoms with Crippen molar-refractivity contribution in [2.45, 2.75) is 26.3 Å². The van der Waals surface area contributed by atoms with Gasteiger partial charge < -0.3 is 5.73 Å². The van der Waals surface area contributed by atoms with Gasteiger partial charge in [-0.2, -0.15) is 0 Å². The average molecular weight is 251 g/mol. The van der Waals surface area contributed by atoms with Crippen molar-refractivity contribution in [1.29, 1.82) is 0 Å². The maximum absolute atomic E-state index is 5.87. The van der Waals surface area contributed by atoms with Crippen LogP contribution in [0.1, 0.15) is 18.9 Å². The molecule has 0 aromatic carbocycles. The summed E-state index contributed by atoms with van der Waals surface area (Å²) < 4.78 is 0. The molecular weight excluding hydrogens is 236 g/mol. The highest BCUT2D eigenvalue weighted by Gasteiger charge is 2.09. The van der Waals surface area contributed by atoms with E-state index < -0.39 is 0 Å². The summed E-state index contributed by atoms with van der Waals surface area (Å²) in [4.78, 5) is 4.18. The van der Waals surface area contributed by atoms with Crippen LogP contribution in [0.3, 0.4) is 0 Å². The molecule has 12 heavy (non-hydrogen) atoms. The molecule has 0 saturated carbocycles. The molecule has 0 unspecified atom stereocenters. The van der Waals surface area contributed by atoms with Gasteiger partial charge >= 0.3 is 0 Å². The number of aromatic nitrogens is 1. The van der Waals surface area contributed by atoms with Gasteiger partial charge in [0.2, 0.25) is 0 Å². The van der Waals surface area contributed by atoms with Gasteiger partial charge in [-0.3, -0.25) is 0 Å². The van der Waals surface area contributed by atoms with Crippen molar-refractivity contribution in [2.24, 2.45) is 11.7 Å². The van der Waals surface area contributed by atoms with Crippen molar-refractivity contribution in [2.75, 3.05) is 0 Å². The fourth-order valence-corrected chi connectivity index (χ4v) is 1.48. The minimum atomic E-state index is 0. The first kappa shape index (κ1) is 12.1. The summed E-state index contributed by atoms with van der Waals surface area (Å²) in [7, 11) is 0. The molecule has 1 heterocycles. The van der Waals surface area contributed by atoms with Crippen LogP contribution in [0.2, 0.25) is 0 Å². The van der Waals surface area contributed by atoms with Crippen molar-refractivity contribution in [3.8, 4) is 0 Å². The van der Waals surface area contributed by atoms with E-state index >= 15 is 0 Å². The van der Waals surface area contributed by atoms with Crippen LogP contribution in [0.15, 0.2) is 11.6 Å². The molecule has 0 spiro atoms. The van der Waals surface area contributed by atoms with Gasteiger partial charge in [0, 0.05) is 24.0 Å². The molecule has 0 saturated heterocycles. The first-order valence-corrected chi connectivity index (χ1v) is 4.72. The van der Waals surface area contributed by atoms with E-state index in [9.17, 15) is 0 Å². The predicted octanol–water partition coefficient (Wildman–Crippen LogP) is 2.25. The van der Waals surface area contributed by atoms with Crippen molar-refractivity contribution >= 4 is 28.3 Å². The normalized spacial score (nSPS) is 12.7. The van der Waals surface area contributed by atoms with Gasteiger partial charge in [0.15, 0.2) is 0 Å². The van der Waals surface area contributed by atoms with Gasteiger partial charge in [-0.05, 0) is 5.92 Å². The fraction of sp³-hybridized carbons (Fsp3) is 0.625. The van der Waals surface area contributed by atoms with Crippen LogP contribution in [0.25, 0.3) is 0 Å². The van der Waals surface area contributed by atoms with E-state index in [0.717, 1.165) is 11.4 Å². The van der Waals surface area contributed by atoms with E-state index in [1.165, 1.54) is 0 Å². The Labute approximate surface area is 88.0 Å². The third-order valence-electron chi connectivity index (χ3n) is 1.75. The van der Waals surface area contributed by atoms with Crippen LogP contribution in [-0.2, 0) is 6.42 Å². The molecule has 2 N–H and O–H groups in total. The number of thiazole rings is 1. The molecule has 1 aromatic rings. The summed E-state index contributed by atoms with van der Waals surface area (Å²) >= 11 is 1.68. The summed E-state index contributed by atoms with van der Waals surface area (Å²) in [6, 6.07) is 0.251. The summed E-state index contributed by atoms with van der Waals surface area (Å²) in [5, 5.41) is 3.13. The summed E-state index contributed by atoms with van der Waals surface area (Å²) in [6.07, 6.45) is 2.74. The maximum atomic E-state index is 5.87. The van der Waals surface area contributed by atoms with Gasteiger partial charge in [-0.25, -0.2) is 4.98 Å². The highest BCUT2D eigenvalue weighted by atomic mass is 79.9. The third kappa shape index (κ3) is 3.65. The van der Waals surface area contributed by atoms with Crippen molar-refractivity contribution in [3.05, 3.63) is 16.6 Å². The number of rotatable bonds is 3. The maximum Gasteiger partial charge on any atom is 0.0940 e. The monoisotopic (exact) mass is 250 g/mol. The molecule has 0 bridgehead atoms. The Kier molecular flexibility index (Phi) is 5.70. The molecule has 4 heteroatoms. The highest BCUT2D eigenvalue weighted by Crippen LogP contribution is 2.10. The lowest BCUT2D eigenvalue weighted by Crippen LogP contribution is -2.28. The Morgan fingerprint density at radius 1 is 1.58 bits per heavy atom. The molecule has 0 aliphatic carbocycles. The molecule has 0 fully saturated rings. The van der Waals surface area contributed by atoms with Gasteiger partial charge in [0.1, 0.15) is 0 Å². The lowest BCUT2D eigenvalue weighted by Gasteiger charge is -2.12. The van der Waals surface area contributed by atoms with Gasteiger partial charge in [0.25, 0.3) is 0 Å². The first-order valence-electron chi connectivity index (χ1n) is 3.84. The molecule has 0 aliphatic heterocycles. The second-order valence-electron chi connectivity index (χ2n) is 3.04. The zero-order chi connectivity index (χ0) is 8.27. The minimum Gasteiger partial charge on any atom is -0.327 e. The van der Waals surface area contributed by atoms with Gasteiger partial charge in [-0.15, -0.1) is 28.3 Å². The average Bonchev–Trinajstić information content (AvgIpc) is 2.39. The second-order valence-corrected chi connectivity index (χ2v) is 4.02. The molecule has 70 valence electrons. The van der Waals surface area contributed by atoms with Crippen LogP contribution in [0, 0.1) is 5.92 Å². The molecular formula is C8H15BrN2S. The van der Waals surface area contributed by atoms with Gasteiger partial charge in [0.05, 0.1) is 5.01 Å². The minimum absolute atomic E-state index is 0. The molecule has 1 rings (SSSR count). The molecule has 1 aromatic heterocycles. The fourth-order valence-electron chi connectivity index (χ4n) is 0.791. The van der Waals surface area contributed by atoms with E-state index in [-0.39, 0.29) is 23.0 Å². The largest absolute Gasteiger partial charge is 0.327 e. The molecule has 0 radical (unpaired) electrons. The topological polar surface area (TPSA) is 38.9 Å². The van der Waals surface area contributed by atoms with E-state index in [0.29, 0.717) is 5.92 Å². The number of nitrogens with zero attached hydrogens (tertiary/aromatic N) is 1. The summed E-state index contributed by atoms with van der Waals surface area (Å²) in [5.74, 6) is 0.541. The van der Waals surface area contributed by atoms with Crippen molar-refractivity contribution in [1.82, 2.24) is 4.98 Å². The van der Waals surface area contributed by atoms with Crippen molar-refractivity contribution < 1.29 is 0 Å². The third-order valence-corrected chi connectivity index (χ3v) is 2.55. The summed E-state index contributed by atoms with van der Waals surface area (Å²) in [5.41, 5.74) is 5.87. The van der Waals surface area contributed by atoms with Gasteiger partial charge in [-0.1, -0.05) is 13.8 Å². The molecule has 1 atom stereocenters. The van der Waals surface area contributed by atoms with Crippen LogP contribution in [0.4, 0.5) is 0 Å². The SMILES string of the molecule is Br.CC(C)[C@H](N)Cc1nccs1. The lowest BCUT2D eigenvalue weighted by atomic mass is 10.0. The zero-order valence-electron chi connectivity index (χ0n) is 7.36. The lowest BCUT2D eigenvalue weighted by molar-refractivity contribution is 0.490. The standard InChI is InChI=1S/C8H14N2S.BrH/c1-6(2)7(9)5-8-10-3-4-11-8;/h3-4,6-7H,5,9H2,1-2H3;1H/t7-;/m1./s1. The molecule has 0 aliphatic rings. The number of hydrogen-bond donors (Lipinski definition) is 1.